The molecule has 258 valence electrons. The molecule has 1 aliphatic rings. The van der Waals surface area contributed by atoms with Crippen molar-refractivity contribution in [1.82, 2.24) is 19.9 Å². The van der Waals surface area contributed by atoms with Gasteiger partial charge in [0.1, 0.15) is 0 Å². The lowest BCUT2D eigenvalue weighted by molar-refractivity contribution is 0.662. The van der Waals surface area contributed by atoms with Crippen LogP contribution >= 0.6 is 0 Å². The monoisotopic (exact) mass is 702 g/mol. The molecule has 0 radical (unpaired) electrons. The summed E-state index contributed by atoms with van der Waals surface area (Å²) in [6.07, 6.45) is 1.80. The minimum atomic E-state index is -0.204. The molecule has 0 saturated heterocycles. The topological polar surface area (TPSA) is 51.6 Å². The fourth-order valence-corrected chi connectivity index (χ4v) is 8.73. The van der Waals surface area contributed by atoms with Gasteiger partial charge in [0, 0.05) is 38.9 Å². The van der Waals surface area contributed by atoms with E-state index in [0.717, 1.165) is 66.8 Å². The lowest BCUT2D eigenvalue weighted by Gasteiger charge is -2.25. The van der Waals surface area contributed by atoms with E-state index >= 15 is 0 Å². The number of aromatic nitrogens is 4. The molecule has 4 heterocycles. The molecule has 11 rings (SSSR count). The third-order valence-electron chi connectivity index (χ3n) is 11.5. The summed E-state index contributed by atoms with van der Waals surface area (Å²) in [4.78, 5) is 19.8. The zero-order valence-corrected chi connectivity index (χ0v) is 30.5. The maximum atomic E-state index is 5.36. The van der Waals surface area contributed by atoms with E-state index in [1.54, 1.807) is 6.20 Å². The normalized spacial score (nSPS) is 13.1. The van der Waals surface area contributed by atoms with Crippen LogP contribution in [0.2, 0.25) is 0 Å². The quantitative estimate of drug-likeness (QED) is 0.171. The molecule has 0 saturated carbocycles. The molecule has 0 fully saturated rings. The van der Waals surface area contributed by atoms with E-state index in [-0.39, 0.29) is 5.41 Å². The van der Waals surface area contributed by atoms with Gasteiger partial charge in [-0.05, 0) is 98.8 Å². The Kier molecular flexibility index (Phi) is 6.86. The molecule has 0 aliphatic heterocycles. The Morgan fingerprint density at radius 3 is 1.82 bits per heavy atom. The van der Waals surface area contributed by atoms with Gasteiger partial charge in [-0.25, -0.2) is 15.0 Å². The maximum absolute atomic E-state index is 5.36. The van der Waals surface area contributed by atoms with E-state index in [1.165, 1.54) is 44.0 Å². The van der Waals surface area contributed by atoms with Crippen molar-refractivity contribution >= 4 is 43.5 Å². The summed E-state index contributed by atoms with van der Waals surface area (Å²) in [5, 5.41) is 5.86. The van der Waals surface area contributed by atoms with Crippen molar-refractivity contribution < 1.29 is 0 Å². The summed E-state index contributed by atoms with van der Waals surface area (Å²) in [6, 6.07) is 58.2. The highest BCUT2D eigenvalue weighted by Crippen LogP contribution is 2.54. The van der Waals surface area contributed by atoms with Crippen LogP contribution in [0.15, 0.2) is 170 Å². The molecule has 55 heavy (non-hydrogen) atoms. The van der Waals surface area contributed by atoms with Crippen LogP contribution < -0.4 is 0 Å². The van der Waals surface area contributed by atoms with Crippen LogP contribution in [0.1, 0.15) is 25.0 Å². The van der Waals surface area contributed by atoms with E-state index in [2.05, 4.69) is 158 Å². The second-order valence-corrected chi connectivity index (χ2v) is 15.1. The van der Waals surface area contributed by atoms with Gasteiger partial charge in [-0.2, -0.15) is 0 Å². The fourth-order valence-electron chi connectivity index (χ4n) is 8.73. The summed E-state index contributed by atoms with van der Waals surface area (Å²) in [5.74, 6) is 0. The first-order valence-corrected chi connectivity index (χ1v) is 18.8. The SMILES string of the molecule is CC1(C)c2ccccc2-c2nc3ccc4ccccc4c3c(-c3ccc(-c4ccc5cc(-c6ccc7nc(-c8ccccn8)ccc7c6)ccc5n4)cc3)c21. The molecule has 0 N–H and O–H groups in total. The molecule has 0 atom stereocenters. The fraction of sp³-hybridized carbons (Fsp3) is 0.0588. The first kappa shape index (κ1) is 31.5. The Bertz CT molecular complexity index is 3160. The molecular formula is C51H34N4. The van der Waals surface area contributed by atoms with Crippen LogP contribution in [0.25, 0.3) is 99.6 Å². The molecule has 0 spiro atoms. The molecule has 4 heteroatoms. The van der Waals surface area contributed by atoms with Crippen molar-refractivity contribution in [3.8, 4) is 56.2 Å². The third-order valence-corrected chi connectivity index (χ3v) is 11.5. The zero-order chi connectivity index (χ0) is 36.7. The summed E-state index contributed by atoms with van der Waals surface area (Å²) in [7, 11) is 0. The van der Waals surface area contributed by atoms with Crippen molar-refractivity contribution in [2.75, 3.05) is 0 Å². The van der Waals surface area contributed by atoms with E-state index < -0.39 is 0 Å². The van der Waals surface area contributed by atoms with Crippen LogP contribution in [-0.2, 0) is 5.41 Å². The van der Waals surface area contributed by atoms with Gasteiger partial charge in [0.2, 0.25) is 0 Å². The number of rotatable bonds is 4. The average molecular weight is 703 g/mol. The molecule has 4 nitrogen and oxygen atoms in total. The average Bonchev–Trinajstić information content (AvgIpc) is 3.47. The van der Waals surface area contributed by atoms with E-state index in [9.17, 15) is 0 Å². The predicted octanol–water partition coefficient (Wildman–Crippen LogP) is 12.9. The molecule has 0 amide bonds. The number of fused-ring (bicyclic) bond motifs is 8. The van der Waals surface area contributed by atoms with E-state index in [0.29, 0.717) is 0 Å². The second kappa shape index (κ2) is 12.0. The van der Waals surface area contributed by atoms with E-state index in [4.69, 9.17) is 15.0 Å². The standard InChI is InChI=1S/C51H34N4/c1-51(2)40-12-6-5-11-39(40)50-49(51)47(48-38-10-4-3-9-31(38)18-27-46(48)55-50)33-16-14-32(15-17-33)41-25-21-36-29-34(19-23-42(36)53-41)35-20-24-43-37(30-35)22-26-45(54-43)44-13-7-8-28-52-44/h3-30H,1-2H3. The number of benzene rings is 6. The van der Waals surface area contributed by atoms with Crippen LogP contribution in [0.3, 0.4) is 0 Å². The molecule has 0 bridgehead atoms. The smallest absolute Gasteiger partial charge is 0.0893 e. The minimum absolute atomic E-state index is 0.204. The van der Waals surface area contributed by atoms with Gasteiger partial charge in [0.05, 0.1) is 39.3 Å². The second-order valence-electron chi connectivity index (χ2n) is 15.1. The largest absolute Gasteiger partial charge is 0.255 e. The lowest BCUT2D eigenvalue weighted by Crippen LogP contribution is -2.16. The van der Waals surface area contributed by atoms with Crippen LogP contribution in [0.5, 0.6) is 0 Å². The Morgan fingerprint density at radius 1 is 0.436 bits per heavy atom. The van der Waals surface area contributed by atoms with Gasteiger partial charge >= 0.3 is 0 Å². The van der Waals surface area contributed by atoms with Crippen molar-refractivity contribution in [2.24, 2.45) is 0 Å². The van der Waals surface area contributed by atoms with Gasteiger partial charge < -0.3 is 0 Å². The highest BCUT2D eigenvalue weighted by atomic mass is 14.8. The number of hydrogen-bond acceptors (Lipinski definition) is 4. The van der Waals surface area contributed by atoms with Crippen molar-refractivity contribution in [3.05, 3.63) is 181 Å². The summed E-state index contributed by atoms with van der Waals surface area (Å²) in [6.45, 7) is 4.69. The van der Waals surface area contributed by atoms with Gasteiger partial charge in [-0.15, -0.1) is 0 Å². The Hall–Kier alpha value is -7.04. The van der Waals surface area contributed by atoms with Crippen LogP contribution in [-0.4, -0.2) is 19.9 Å². The molecular weight excluding hydrogens is 669 g/mol. The Morgan fingerprint density at radius 2 is 1.05 bits per heavy atom. The molecule has 4 aromatic heterocycles. The highest BCUT2D eigenvalue weighted by Gasteiger charge is 2.39. The summed E-state index contributed by atoms with van der Waals surface area (Å²) in [5.41, 5.74) is 16.2. The van der Waals surface area contributed by atoms with Crippen molar-refractivity contribution in [3.63, 3.8) is 0 Å². The van der Waals surface area contributed by atoms with Crippen molar-refractivity contribution in [1.29, 1.82) is 0 Å². The molecule has 6 aromatic carbocycles. The van der Waals surface area contributed by atoms with Crippen molar-refractivity contribution in [2.45, 2.75) is 19.3 Å². The molecule has 0 unspecified atom stereocenters. The number of pyridine rings is 4. The third kappa shape index (κ3) is 4.99. The van der Waals surface area contributed by atoms with Gasteiger partial charge in [0.25, 0.3) is 0 Å². The van der Waals surface area contributed by atoms with Gasteiger partial charge in [0.15, 0.2) is 0 Å². The first-order chi connectivity index (χ1) is 27.0. The predicted molar refractivity (Wildman–Crippen MR) is 227 cm³/mol. The Balaban J connectivity index is 0.963. The minimum Gasteiger partial charge on any atom is -0.255 e. The summed E-state index contributed by atoms with van der Waals surface area (Å²) >= 11 is 0. The number of nitrogens with zero attached hydrogens (tertiary/aromatic N) is 4. The lowest BCUT2D eigenvalue weighted by atomic mass is 9.78. The van der Waals surface area contributed by atoms with Crippen LogP contribution in [0.4, 0.5) is 0 Å². The highest BCUT2D eigenvalue weighted by molar-refractivity contribution is 6.15. The molecule has 1 aliphatic carbocycles. The van der Waals surface area contributed by atoms with Crippen LogP contribution in [0, 0.1) is 0 Å². The first-order valence-electron chi connectivity index (χ1n) is 18.8. The maximum Gasteiger partial charge on any atom is 0.0893 e. The van der Waals surface area contributed by atoms with E-state index in [1.807, 2.05) is 24.3 Å². The molecule has 10 aromatic rings. The number of hydrogen-bond donors (Lipinski definition) is 0. The zero-order valence-electron chi connectivity index (χ0n) is 30.5. The summed E-state index contributed by atoms with van der Waals surface area (Å²) < 4.78 is 0. The Labute approximate surface area is 318 Å². The van der Waals surface area contributed by atoms with Gasteiger partial charge in [-0.1, -0.05) is 123 Å². The van der Waals surface area contributed by atoms with Gasteiger partial charge in [-0.3, -0.25) is 4.98 Å².